The molecule has 3 rings (SSSR count). The molecule has 0 saturated carbocycles. The molecule has 1 aromatic heterocycles. The smallest absolute Gasteiger partial charge is 0.339 e. The van der Waals surface area contributed by atoms with E-state index in [0.29, 0.717) is 22.6 Å². The Morgan fingerprint density at radius 1 is 0.964 bits per heavy atom. The third-order valence-electron chi connectivity index (χ3n) is 4.26. The van der Waals surface area contributed by atoms with Crippen LogP contribution >= 0.6 is 0 Å². The minimum Gasteiger partial charge on any atom is -0.465 e. The van der Waals surface area contributed by atoms with Gasteiger partial charge in [-0.1, -0.05) is 24.3 Å². The molecule has 2 N–H and O–H groups in total. The normalized spacial score (nSPS) is 10.2. The molecule has 0 spiro atoms. The Morgan fingerprint density at radius 3 is 2.54 bits per heavy atom. The molecule has 0 radical (unpaired) electrons. The van der Waals surface area contributed by atoms with E-state index in [0.717, 1.165) is 16.8 Å². The van der Waals surface area contributed by atoms with Gasteiger partial charge in [0.05, 0.1) is 18.4 Å². The largest absolute Gasteiger partial charge is 0.465 e. The molecule has 0 bridgehead atoms. The van der Waals surface area contributed by atoms with Gasteiger partial charge in [0.1, 0.15) is 5.82 Å². The number of rotatable bonds is 5. The Morgan fingerprint density at radius 2 is 1.75 bits per heavy atom. The maximum Gasteiger partial charge on any atom is 0.339 e. The highest BCUT2D eigenvalue weighted by atomic mass is 16.5. The summed E-state index contributed by atoms with van der Waals surface area (Å²) in [5.41, 5.74) is 4.24. The molecular formula is C22H21N3O3. The summed E-state index contributed by atoms with van der Waals surface area (Å²) in [6.45, 7) is 4.02. The number of aryl methyl sites for hydroxylation is 2. The lowest BCUT2D eigenvalue weighted by Crippen LogP contribution is -2.15. The molecule has 0 saturated heterocycles. The van der Waals surface area contributed by atoms with Crippen LogP contribution in [0, 0.1) is 13.8 Å². The molecule has 6 nitrogen and oxygen atoms in total. The number of hydrogen-bond acceptors (Lipinski definition) is 5. The molecule has 1 heterocycles. The number of carbonyl (C=O) groups is 2. The fraction of sp³-hybridized carbons (Fsp3) is 0.136. The number of carbonyl (C=O) groups excluding carboxylic acids is 2. The van der Waals surface area contributed by atoms with Crippen LogP contribution in [0.5, 0.6) is 0 Å². The second-order valence-corrected chi connectivity index (χ2v) is 6.36. The SMILES string of the molecule is COC(=O)c1ccccc1NC(=O)c1ccnc(Nc2cc(C)ccc2C)c1. The highest BCUT2D eigenvalue weighted by Gasteiger charge is 2.15. The van der Waals surface area contributed by atoms with E-state index in [1.165, 1.54) is 7.11 Å². The minimum atomic E-state index is -0.511. The van der Waals surface area contributed by atoms with Crippen LogP contribution in [0.1, 0.15) is 31.8 Å². The summed E-state index contributed by atoms with van der Waals surface area (Å²) in [7, 11) is 1.30. The van der Waals surface area contributed by atoms with Crippen LogP contribution in [0.2, 0.25) is 0 Å². The number of para-hydroxylation sites is 1. The van der Waals surface area contributed by atoms with Crippen LogP contribution < -0.4 is 10.6 Å². The van der Waals surface area contributed by atoms with Gasteiger partial charge in [-0.25, -0.2) is 9.78 Å². The van der Waals surface area contributed by atoms with Crippen LogP contribution in [0.25, 0.3) is 0 Å². The van der Waals surface area contributed by atoms with Crippen LogP contribution in [0.15, 0.2) is 60.8 Å². The molecule has 2 aromatic carbocycles. The Bertz CT molecular complexity index is 1030. The fourth-order valence-corrected chi connectivity index (χ4v) is 2.72. The van der Waals surface area contributed by atoms with Gasteiger partial charge in [-0.15, -0.1) is 0 Å². The Labute approximate surface area is 163 Å². The van der Waals surface area contributed by atoms with Gasteiger partial charge in [-0.3, -0.25) is 4.79 Å². The lowest BCUT2D eigenvalue weighted by molar-refractivity contribution is 0.0602. The topological polar surface area (TPSA) is 80.3 Å². The second kappa shape index (κ2) is 8.35. The maximum atomic E-state index is 12.7. The van der Waals surface area contributed by atoms with Crippen LogP contribution in [0.3, 0.4) is 0 Å². The zero-order valence-corrected chi connectivity index (χ0v) is 15.9. The van der Waals surface area contributed by atoms with Crippen LogP contribution in [0.4, 0.5) is 17.2 Å². The van der Waals surface area contributed by atoms with E-state index in [1.54, 1.807) is 42.6 Å². The number of esters is 1. The lowest BCUT2D eigenvalue weighted by atomic mass is 10.1. The average Bonchev–Trinajstić information content (AvgIpc) is 2.71. The Balaban J connectivity index is 1.82. The van der Waals surface area contributed by atoms with Gasteiger partial charge < -0.3 is 15.4 Å². The van der Waals surface area contributed by atoms with Crippen molar-refractivity contribution < 1.29 is 14.3 Å². The lowest BCUT2D eigenvalue weighted by Gasteiger charge is -2.12. The predicted molar refractivity (Wildman–Crippen MR) is 109 cm³/mol. The van der Waals surface area contributed by atoms with E-state index < -0.39 is 5.97 Å². The van der Waals surface area contributed by atoms with Gasteiger partial charge in [0.15, 0.2) is 0 Å². The van der Waals surface area contributed by atoms with Crippen molar-refractivity contribution in [1.29, 1.82) is 0 Å². The van der Waals surface area contributed by atoms with Crippen LogP contribution in [-0.4, -0.2) is 24.0 Å². The first kappa shape index (κ1) is 19.1. The van der Waals surface area contributed by atoms with E-state index >= 15 is 0 Å². The molecule has 0 aliphatic carbocycles. The number of aromatic nitrogens is 1. The van der Waals surface area contributed by atoms with Gasteiger partial charge in [-0.05, 0) is 55.3 Å². The molecule has 0 aliphatic rings. The minimum absolute atomic E-state index is 0.293. The van der Waals surface area contributed by atoms with Gasteiger partial charge in [0.2, 0.25) is 0 Å². The molecule has 6 heteroatoms. The summed E-state index contributed by atoms with van der Waals surface area (Å²) >= 11 is 0. The number of nitrogens with one attached hydrogen (secondary N) is 2. The predicted octanol–water partition coefficient (Wildman–Crippen LogP) is 4.48. The Hall–Kier alpha value is -3.67. The third kappa shape index (κ3) is 4.35. The van der Waals surface area contributed by atoms with Crippen molar-refractivity contribution in [1.82, 2.24) is 4.98 Å². The number of hydrogen-bond donors (Lipinski definition) is 2. The van der Waals surface area contributed by atoms with E-state index in [-0.39, 0.29) is 5.91 Å². The standard InChI is InChI=1S/C22H21N3O3/c1-14-8-9-15(2)19(12-14)24-20-13-16(10-11-23-20)21(26)25-18-7-5-4-6-17(18)22(27)28-3/h4-13H,1-3H3,(H,23,24)(H,25,26). The van der Waals surface area contributed by atoms with E-state index in [9.17, 15) is 9.59 Å². The number of amides is 1. The molecule has 0 unspecified atom stereocenters. The monoisotopic (exact) mass is 375 g/mol. The van der Waals surface area contributed by atoms with Crippen molar-refractivity contribution in [3.8, 4) is 0 Å². The second-order valence-electron chi connectivity index (χ2n) is 6.36. The zero-order valence-electron chi connectivity index (χ0n) is 15.9. The summed E-state index contributed by atoms with van der Waals surface area (Å²) in [6.07, 6.45) is 1.56. The first-order valence-corrected chi connectivity index (χ1v) is 8.77. The number of benzene rings is 2. The van der Waals surface area contributed by atoms with Gasteiger partial charge in [0, 0.05) is 17.4 Å². The summed E-state index contributed by atoms with van der Waals surface area (Å²) in [5.74, 6) is -0.298. The molecule has 28 heavy (non-hydrogen) atoms. The maximum absolute atomic E-state index is 12.7. The fourth-order valence-electron chi connectivity index (χ4n) is 2.72. The molecule has 0 aliphatic heterocycles. The first-order valence-electron chi connectivity index (χ1n) is 8.77. The van der Waals surface area contributed by atoms with E-state index in [4.69, 9.17) is 4.74 Å². The van der Waals surface area contributed by atoms with Crippen molar-refractivity contribution in [2.75, 3.05) is 17.7 Å². The van der Waals surface area contributed by atoms with E-state index in [1.807, 2.05) is 32.0 Å². The number of methoxy groups -OCH3 is 1. The molecular weight excluding hydrogens is 354 g/mol. The highest BCUT2D eigenvalue weighted by molar-refractivity contribution is 6.08. The van der Waals surface area contributed by atoms with Crippen molar-refractivity contribution in [3.05, 3.63) is 83.0 Å². The molecule has 1 amide bonds. The van der Waals surface area contributed by atoms with Gasteiger partial charge in [-0.2, -0.15) is 0 Å². The zero-order chi connectivity index (χ0) is 20.1. The highest BCUT2D eigenvalue weighted by Crippen LogP contribution is 2.22. The van der Waals surface area contributed by atoms with E-state index in [2.05, 4.69) is 15.6 Å². The van der Waals surface area contributed by atoms with Crippen LogP contribution in [-0.2, 0) is 4.74 Å². The summed E-state index contributed by atoms with van der Waals surface area (Å²) in [6, 6.07) is 16.1. The third-order valence-corrected chi connectivity index (χ3v) is 4.26. The average molecular weight is 375 g/mol. The summed E-state index contributed by atoms with van der Waals surface area (Å²) in [4.78, 5) is 28.8. The Kier molecular flexibility index (Phi) is 5.69. The number of pyridine rings is 1. The van der Waals surface area contributed by atoms with Gasteiger partial charge >= 0.3 is 5.97 Å². The quantitative estimate of drug-likeness (QED) is 0.643. The van der Waals surface area contributed by atoms with Gasteiger partial charge in [0.25, 0.3) is 5.91 Å². The van der Waals surface area contributed by atoms with Crippen molar-refractivity contribution in [2.24, 2.45) is 0 Å². The molecule has 142 valence electrons. The number of ether oxygens (including phenoxy) is 1. The molecule has 0 atom stereocenters. The number of anilines is 3. The molecule has 0 fully saturated rings. The van der Waals surface area contributed by atoms with Crippen molar-refractivity contribution >= 4 is 29.1 Å². The number of nitrogens with zero attached hydrogens (tertiary/aromatic N) is 1. The summed E-state index contributed by atoms with van der Waals surface area (Å²) in [5, 5.41) is 6.00. The molecule has 3 aromatic rings. The van der Waals surface area contributed by atoms with Crippen molar-refractivity contribution in [2.45, 2.75) is 13.8 Å². The first-order chi connectivity index (χ1) is 13.5. The van der Waals surface area contributed by atoms with Crippen molar-refractivity contribution in [3.63, 3.8) is 0 Å². The summed E-state index contributed by atoms with van der Waals surface area (Å²) < 4.78 is 4.76.